The summed E-state index contributed by atoms with van der Waals surface area (Å²) in [6.07, 6.45) is 3.88. The molecule has 0 spiro atoms. The topological polar surface area (TPSA) is 96.9 Å². The van der Waals surface area contributed by atoms with Gasteiger partial charge in [0.25, 0.3) is 0 Å². The van der Waals surface area contributed by atoms with Crippen molar-refractivity contribution < 1.29 is 14.3 Å². The lowest BCUT2D eigenvalue weighted by Crippen LogP contribution is -2.39. The van der Waals surface area contributed by atoms with Gasteiger partial charge in [0.05, 0.1) is 13.7 Å². The molecule has 0 saturated heterocycles. The average molecular weight is 555 g/mol. The summed E-state index contributed by atoms with van der Waals surface area (Å²) in [6, 6.07) is 9.72. The summed E-state index contributed by atoms with van der Waals surface area (Å²) in [5.41, 5.74) is 2.24. The number of aryl methyl sites for hydroxylation is 2. The minimum atomic E-state index is -0.0936. The molecule has 0 unspecified atom stereocenters. The number of nitrogens with one attached hydrogen (secondary N) is 3. The first kappa shape index (κ1) is 27.5. The lowest BCUT2D eigenvalue weighted by atomic mass is 10.1. The fourth-order valence-corrected chi connectivity index (χ4v) is 2.91. The minimum Gasteiger partial charge on any atom is -0.493 e. The molecule has 1 amide bonds. The van der Waals surface area contributed by atoms with E-state index < -0.39 is 0 Å². The number of amides is 1. The molecule has 0 aliphatic carbocycles. The number of nitrogens with zero attached hydrogens (tertiary/aromatic N) is 2. The zero-order valence-corrected chi connectivity index (χ0v) is 21.6. The second-order valence-corrected chi connectivity index (χ2v) is 6.97. The molecule has 0 aliphatic heterocycles. The van der Waals surface area contributed by atoms with Gasteiger partial charge < -0.3 is 25.4 Å². The average Bonchev–Trinajstić information content (AvgIpc) is 2.77. The van der Waals surface area contributed by atoms with E-state index in [4.69, 9.17) is 9.47 Å². The Bertz CT molecular complexity index is 859. The maximum Gasteiger partial charge on any atom is 0.227 e. The van der Waals surface area contributed by atoms with Gasteiger partial charge in [-0.1, -0.05) is 12.1 Å². The van der Waals surface area contributed by atoms with Crippen molar-refractivity contribution in [3.8, 4) is 11.5 Å². The zero-order valence-electron chi connectivity index (χ0n) is 19.2. The Morgan fingerprint density at radius 1 is 1.12 bits per heavy atom. The molecular formula is C23H34IN5O3. The minimum absolute atomic E-state index is 0. The molecule has 0 radical (unpaired) electrons. The third-order valence-corrected chi connectivity index (χ3v) is 4.51. The van der Waals surface area contributed by atoms with Crippen molar-refractivity contribution in [2.24, 2.45) is 4.99 Å². The van der Waals surface area contributed by atoms with Gasteiger partial charge in [-0.3, -0.25) is 9.79 Å². The van der Waals surface area contributed by atoms with Crippen LogP contribution in [0.2, 0.25) is 0 Å². The van der Waals surface area contributed by atoms with Crippen LogP contribution < -0.4 is 25.4 Å². The van der Waals surface area contributed by atoms with Crippen molar-refractivity contribution >= 4 is 41.7 Å². The Morgan fingerprint density at radius 3 is 2.56 bits per heavy atom. The van der Waals surface area contributed by atoms with E-state index in [2.05, 4.69) is 32.0 Å². The molecule has 2 aromatic rings. The van der Waals surface area contributed by atoms with Gasteiger partial charge in [-0.2, -0.15) is 0 Å². The van der Waals surface area contributed by atoms with E-state index in [1.807, 2.05) is 32.0 Å². The summed E-state index contributed by atoms with van der Waals surface area (Å²) in [6.45, 7) is 5.75. The Kier molecular flexibility index (Phi) is 13.1. The number of halogens is 1. The molecule has 1 aromatic heterocycles. The highest BCUT2D eigenvalue weighted by Gasteiger charge is 2.06. The van der Waals surface area contributed by atoms with Crippen molar-refractivity contribution in [3.63, 3.8) is 0 Å². The lowest BCUT2D eigenvalue weighted by molar-refractivity contribution is -0.116. The second-order valence-electron chi connectivity index (χ2n) is 6.97. The predicted octanol–water partition coefficient (Wildman–Crippen LogP) is 3.54. The normalized spacial score (nSPS) is 10.7. The van der Waals surface area contributed by atoms with Gasteiger partial charge in [0.2, 0.25) is 5.91 Å². The summed E-state index contributed by atoms with van der Waals surface area (Å²) in [5, 5.41) is 9.21. The van der Waals surface area contributed by atoms with Crippen molar-refractivity contribution in [1.29, 1.82) is 0 Å². The van der Waals surface area contributed by atoms with Crippen LogP contribution in [-0.4, -0.2) is 50.7 Å². The molecule has 176 valence electrons. The molecule has 1 heterocycles. The molecule has 3 N–H and O–H groups in total. The van der Waals surface area contributed by atoms with E-state index in [9.17, 15) is 4.79 Å². The molecule has 0 atom stereocenters. The Morgan fingerprint density at radius 2 is 1.91 bits per heavy atom. The molecule has 0 aliphatic rings. The van der Waals surface area contributed by atoms with E-state index in [-0.39, 0.29) is 29.9 Å². The summed E-state index contributed by atoms with van der Waals surface area (Å²) < 4.78 is 11.0. The number of carbonyl (C=O) groups excluding carboxylic acids is 1. The SMILES string of the molecule is CCOc1cc(CCCNC(=NC)NCCC(=O)Nc2ccc(C)cn2)ccc1OC.I. The van der Waals surface area contributed by atoms with Crippen LogP contribution in [0.3, 0.4) is 0 Å². The molecular weight excluding hydrogens is 521 g/mol. The van der Waals surface area contributed by atoms with Gasteiger partial charge in [0.1, 0.15) is 5.82 Å². The fraction of sp³-hybridized carbons (Fsp3) is 0.435. The molecule has 0 bridgehead atoms. The number of pyridine rings is 1. The van der Waals surface area contributed by atoms with Gasteiger partial charge in [-0.05, 0) is 56.0 Å². The van der Waals surface area contributed by atoms with Crippen LogP contribution >= 0.6 is 24.0 Å². The molecule has 8 nitrogen and oxygen atoms in total. The first-order valence-electron chi connectivity index (χ1n) is 10.5. The number of methoxy groups -OCH3 is 1. The van der Waals surface area contributed by atoms with Crippen LogP contribution in [0.25, 0.3) is 0 Å². The Labute approximate surface area is 207 Å². The Hall–Kier alpha value is -2.56. The zero-order chi connectivity index (χ0) is 22.5. The first-order valence-corrected chi connectivity index (χ1v) is 10.5. The molecule has 0 fully saturated rings. The van der Waals surface area contributed by atoms with Gasteiger partial charge in [0, 0.05) is 32.8 Å². The fourth-order valence-electron chi connectivity index (χ4n) is 2.91. The monoisotopic (exact) mass is 555 g/mol. The highest BCUT2D eigenvalue weighted by Crippen LogP contribution is 2.28. The standard InChI is InChI=1S/C23H33N5O3.HI/c1-5-31-20-15-18(9-10-19(20)30-4)7-6-13-25-23(24-3)26-14-12-22(29)28-21-11-8-17(2)16-27-21;/h8-11,15-16H,5-7,12-14H2,1-4H3,(H2,24,25,26)(H,27,28,29);1H. The number of anilines is 1. The van der Waals surface area contributed by atoms with E-state index in [0.717, 1.165) is 36.4 Å². The van der Waals surface area contributed by atoms with Gasteiger partial charge >= 0.3 is 0 Å². The number of hydrogen-bond acceptors (Lipinski definition) is 5. The maximum atomic E-state index is 12.0. The van der Waals surface area contributed by atoms with E-state index in [1.54, 1.807) is 26.4 Å². The highest BCUT2D eigenvalue weighted by molar-refractivity contribution is 14.0. The van der Waals surface area contributed by atoms with E-state index in [0.29, 0.717) is 31.3 Å². The van der Waals surface area contributed by atoms with Gasteiger partial charge in [0.15, 0.2) is 17.5 Å². The number of hydrogen-bond donors (Lipinski definition) is 3. The molecule has 32 heavy (non-hydrogen) atoms. The number of aromatic nitrogens is 1. The number of ether oxygens (including phenoxy) is 2. The number of benzene rings is 1. The van der Waals surface area contributed by atoms with Crippen molar-refractivity contribution in [2.75, 3.05) is 39.2 Å². The molecule has 1 aromatic carbocycles. The van der Waals surface area contributed by atoms with Crippen LogP contribution in [-0.2, 0) is 11.2 Å². The second kappa shape index (κ2) is 15.3. The van der Waals surface area contributed by atoms with Crippen LogP contribution in [0.5, 0.6) is 11.5 Å². The van der Waals surface area contributed by atoms with E-state index in [1.165, 1.54) is 5.56 Å². The third kappa shape index (κ3) is 9.71. The first-order chi connectivity index (χ1) is 15.0. The van der Waals surface area contributed by atoms with Gasteiger partial charge in [-0.25, -0.2) is 4.98 Å². The highest BCUT2D eigenvalue weighted by atomic mass is 127. The molecule has 2 rings (SSSR count). The van der Waals surface area contributed by atoms with Crippen LogP contribution in [0.4, 0.5) is 5.82 Å². The van der Waals surface area contributed by atoms with Crippen LogP contribution in [0.1, 0.15) is 30.9 Å². The molecule has 9 heteroatoms. The van der Waals surface area contributed by atoms with Crippen molar-refractivity contribution in [1.82, 2.24) is 15.6 Å². The summed E-state index contributed by atoms with van der Waals surface area (Å²) in [5.74, 6) is 2.65. The summed E-state index contributed by atoms with van der Waals surface area (Å²) in [7, 11) is 3.35. The number of carbonyl (C=O) groups is 1. The van der Waals surface area contributed by atoms with Crippen LogP contribution in [0, 0.1) is 6.92 Å². The Balaban J connectivity index is 0.00000512. The summed E-state index contributed by atoms with van der Waals surface area (Å²) >= 11 is 0. The molecule has 0 saturated carbocycles. The number of guanidine groups is 1. The summed E-state index contributed by atoms with van der Waals surface area (Å²) in [4.78, 5) is 20.4. The van der Waals surface area contributed by atoms with Gasteiger partial charge in [-0.15, -0.1) is 24.0 Å². The number of aliphatic imine (C=N–C) groups is 1. The van der Waals surface area contributed by atoms with Crippen molar-refractivity contribution in [3.05, 3.63) is 47.7 Å². The quantitative estimate of drug-likeness (QED) is 0.170. The number of rotatable bonds is 11. The van der Waals surface area contributed by atoms with E-state index >= 15 is 0 Å². The predicted molar refractivity (Wildman–Crippen MR) is 139 cm³/mol. The maximum absolute atomic E-state index is 12.0. The largest absolute Gasteiger partial charge is 0.493 e. The lowest BCUT2D eigenvalue weighted by Gasteiger charge is -2.13. The van der Waals surface area contributed by atoms with Crippen LogP contribution in [0.15, 0.2) is 41.5 Å². The smallest absolute Gasteiger partial charge is 0.227 e. The third-order valence-electron chi connectivity index (χ3n) is 4.51. The van der Waals surface area contributed by atoms with Crippen molar-refractivity contribution in [2.45, 2.75) is 33.1 Å².